The Morgan fingerprint density at radius 3 is 2.53 bits per heavy atom. The lowest BCUT2D eigenvalue weighted by Crippen LogP contribution is -2.08. The van der Waals surface area contributed by atoms with Crippen LogP contribution in [0.3, 0.4) is 0 Å². The number of carbonyl (C=O) groups excluding carboxylic acids is 1. The van der Waals surface area contributed by atoms with E-state index in [1.807, 2.05) is 0 Å². The van der Waals surface area contributed by atoms with Gasteiger partial charge in [0, 0.05) is 22.3 Å². The molecule has 1 amide bonds. The van der Waals surface area contributed by atoms with Gasteiger partial charge in [-0.05, 0) is 42.0 Å². The summed E-state index contributed by atoms with van der Waals surface area (Å²) in [5, 5.41) is 3.69. The number of benzene rings is 1. The first-order chi connectivity index (χ1) is 9.13. The SMILES string of the molecule is O=C(C=Cc1cc(Cl)cc(Cl)c1)Nc1ccccn1. The van der Waals surface area contributed by atoms with Crippen molar-refractivity contribution >= 4 is 41.0 Å². The minimum Gasteiger partial charge on any atom is -0.307 e. The van der Waals surface area contributed by atoms with Crippen LogP contribution in [0.2, 0.25) is 10.0 Å². The van der Waals surface area contributed by atoms with Crippen molar-refractivity contribution in [1.29, 1.82) is 0 Å². The highest BCUT2D eigenvalue weighted by atomic mass is 35.5. The number of nitrogens with zero attached hydrogens (tertiary/aromatic N) is 1. The summed E-state index contributed by atoms with van der Waals surface area (Å²) in [4.78, 5) is 15.6. The van der Waals surface area contributed by atoms with Gasteiger partial charge in [-0.1, -0.05) is 29.3 Å². The number of hydrogen-bond acceptors (Lipinski definition) is 2. The Balaban J connectivity index is 2.04. The minimum absolute atomic E-state index is 0.269. The van der Waals surface area contributed by atoms with E-state index < -0.39 is 0 Å². The van der Waals surface area contributed by atoms with Crippen molar-refractivity contribution in [3.63, 3.8) is 0 Å². The largest absolute Gasteiger partial charge is 0.307 e. The maximum atomic E-state index is 11.7. The van der Waals surface area contributed by atoms with E-state index in [0.717, 1.165) is 5.56 Å². The van der Waals surface area contributed by atoms with Gasteiger partial charge in [-0.15, -0.1) is 0 Å². The molecule has 0 spiro atoms. The van der Waals surface area contributed by atoms with Crippen molar-refractivity contribution in [2.75, 3.05) is 5.32 Å². The number of carbonyl (C=O) groups is 1. The van der Waals surface area contributed by atoms with E-state index in [2.05, 4.69) is 10.3 Å². The summed E-state index contributed by atoms with van der Waals surface area (Å²) in [6.07, 6.45) is 4.64. The van der Waals surface area contributed by atoms with Crippen molar-refractivity contribution in [3.8, 4) is 0 Å². The zero-order valence-corrected chi connectivity index (χ0v) is 11.3. The summed E-state index contributed by atoms with van der Waals surface area (Å²) in [6.45, 7) is 0. The Morgan fingerprint density at radius 2 is 1.89 bits per heavy atom. The first-order valence-electron chi connectivity index (χ1n) is 5.50. The molecule has 2 aromatic rings. The van der Waals surface area contributed by atoms with Crippen LogP contribution < -0.4 is 5.32 Å². The minimum atomic E-state index is -0.269. The summed E-state index contributed by atoms with van der Waals surface area (Å²) in [7, 11) is 0. The van der Waals surface area contributed by atoms with Crippen molar-refractivity contribution in [2.24, 2.45) is 0 Å². The lowest BCUT2D eigenvalue weighted by molar-refractivity contribution is -0.111. The predicted molar refractivity (Wildman–Crippen MR) is 78.4 cm³/mol. The van der Waals surface area contributed by atoms with Gasteiger partial charge in [0.2, 0.25) is 5.91 Å². The lowest BCUT2D eigenvalue weighted by atomic mass is 10.2. The number of aromatic nitrogens is 1. The molecule has 0 saturated heterocycles. The van der Waals surface area contributed by atoms with Crippen LogP contribution in [-0.2, 0) is 4.79 Å². The van der Waals surface area contributed by atoms with E-state index in [1.54, 1.807) is 48.7 Å². The third kappa shape index (κ3) is 4.39. The molecule has 0 fully saturated rings. The molecule has 0 saturated carbocycles. The van der Waals surface area contributed by atoms with Gasteiger partial charge in [-0.3, -0.25) is 4.79 Å². The first kappa shape index (κ1) is 13.6. The second-order valence-electron chi connectivity index (χ2n) is 3.74. The second-order valence-corrected chi connectivity index (χ2v) is 4.61. The number of pyridine rings is 1. The Kier molecular flexibility index (Phi) is 4.55. The van der Waals surface area contributed by atoms with E-state index in [1.165, 1.54) is 6.08 Å². The molecule has 5 heteroatoms. The summed E-state index contributed by atoms with van der Waals surface area (Å²) in [5.74, 6) is 0.232. The maximum absolute atomic E-state index is 11.7. The van der Waals surface area contributed by atoms with E-state index >= 15 is 0 Å². The van der Waals surface area contributed by atoms with Gasteiger partial charge in [-0.2, -0.15) is 0 Å². The van der Waals surface area contributed by atoms with E-state index in [9.17, 15) is 4.79 Å². The molecule has 1 aromatic heterocycles. The second kappa shape index (κ2) is 6.36. The zero-order chi connectivity index (χ0) is 13.7. The molecule has 2 rings (SSSR count). The van der Waals surface area contributed by atoms with Gasteiger partial charge in [0.15, 0.2) is 0 Å². The molecule has 1 heterocycles. The van der Waals surface area contributed by atoms with Gasteiger partial charge in [0.25, 0.3) is 0 Å². The average Bonchev–Trinajstić information content (AvgIpc) is 2.36. The molecule has 3 nitrogen and oxygen atoms in total. The van der Waals surface area contributed by atoms with E-state index in [4.69, 9.17) is 23.2 Å². The third-order valence-electron chi connectivity index (χ3n) is 2.23. The van der Waals surface area contributed by atoms with Gasteiger partial charge >= 0.3 is 0 Å². The Hall–Kier alpha value is -1.84. The van der Waals surface area contributed by atoms with Crippen LogP contribution in [-0.4, -0.2) is 10.9 Å². The average molecular weight is 293 g/mol. The number of hydrogen-bond donors (Lipinski definition) is 1. The van der Waals surface area contributed by atoms with E-state index in [-0.39, 0.29) is 5.91 Å². The van der Waals surface area contributed by atoms with Crippen molar-refractivity contribution < 1.29 is 4.79 Å². The topological polar surface area (TPSA) is 42.0 Å². The third-order valence-corrected chi connectivity index (χ3v) is 2.66. The Morgan fingerprint density at radius 1 is 1.16 bits per heavy atom. The number of nitrogens with one attached hydrogen (secondary N) is 1. The predicted octanol–water partition coefficient (Wildman–Crippen LogP) is 4.04. The van der Waals surface area contributed by atoms with Gasteiger partial charge in [-0.25, -0.2) is 4.98 Å². The standard InChI is InChI=1S/C14H10Cl2N2O/c15-11-7-10(8-12(16)9-11)4-5-14(19)18-13-3-1-2-6-17-13/h1-9H,(H,17,18,19). The Labute approximate surface area is 120 Å². The molecule has 0 aliphatic carbocycles. The summed E-state index contributed by atoms with van der Waals surface area (Å²) >= 11 is 11.7. The quantitative estimate of drug-likeness (QED) is 0.868. The van der Waals surface area contributed by atoms with Crippen LogP contribution in [0.1, 0.15) is 5.56 Å². The molecule has 0 aliphatic heterocycles. The van der Waals surface area contributed by atoms with Crippen LogP contribution in [0, 0.1) is 0 Å². The molecular weight excluding hydrogens is 283 g/mol. The van der Waals surface area contributed by atoms with Gasteiger partial charge in [0.05, 0.1) is 0 Å². The molecule has 96 valence electrons. The smallest absolute Gasteiger partial charge is 0.249 e. The lowest BCUT2D eigenvalue weighted by Gasteiger charge is -2.00. The Bertz CT molecular complexity index is 592. The maximum Gasteiger partial charge on any atom is 0.249 e. The molecule has 0 unspecified atom stereocenters. The van der Waals surface area contributed by atoms with Crippen LogP contribution in [0.25, 0.3) is 6.08 Å². The van der Waals surface area contributed by atoms with Crippen LogP contribution in [0.15, 0.2) is 48.7 Å². The van der Waals surface area contributed by atoms with Crippen molar-refractivity contribution in [2.45, 2.75) is 0 Å². The molecule has 0 radical (unpaired) electrons. The molecule has 0 atom stereocenters. The summed E-state index contributed by atoms with van der Waals surface area (Å²) in [5.41, 5.74) is 0.758. The zero-order valence-electron chi connectivity index (χ0n) is 9.81. The fourth-order valence-electron chi connectivity index (χ4n) is 1.45. The molecule has 1 aromatic carbocycles. The van der Waals surface area contributed by atoms with Gasteiger partial charge in [0.1, 0.15) is 5.82 Å². The molecule has 0 bridgehead atoms. The van der Waals surface area contributed by atoms with Crippen LogP contribution in [0.5, 0.6) is 0 Å². The number of amides is 1. The molecule has 19 heavy (non-hydrogen) atoms. The highest BCUT2D eigenvalue weighted by molar-refractivity contribution is 6.34. The normalized spacial score (nSPS) is 10.6. The molecule has 1 N–H and O–H groups in total. The highest BCUT2D eigenvalue weighted by Gasteiger charge is 1.99. The fourth-order valence-corrected chi connectivity index (χ4v) is 1.99. The highest BCUT2D eigenvalue weighted by Crippen LogP contribution is 2.19. The number of anilines is 1. The van der Waals surface area contributed by atoms with Crippen molar-refractivity contribution in [3.05, 3.63) is 64.3 Å². The van der Waals surface area contributed by atoms with E-state index in [0.29, 0.717) is 15.9 Å². The van der Waals surface area contributed by atoms with Crippen LogP contribution >= 0.6 is 23.2 Å². The summed E-state index contributed by atoms with van der Waals surface area (Å²) in [6, 6.07) is 10.4. The number of halogens is 2. The first-order valence-corrected chi connectivity index (χ1v) is 6.25. The monoisotopic (exact) mass is 292 g/mol. The van der Waals surface area contributed by atoms with Crippen LogP contribution in [0.4, 0.5) is 5.82 Å². The molecule has 0 aliphatic rings. The molecular formula is C14H10Cl2N2O. The summed E-state index contributed by atoms with van der Waals surface area (Å²) < 4.78 is 0. The van der Waals surface area contributed by atoms with Gasteiger partial charge < -0.3 is 5.32 Å². The van der Waals surface area contributed by atoms with Crippen molar-refractivity contribution in [1.82, 2.24) is 4.98 Å². The fraction of sp³-hybridized carbons (Fsp3) is 0. The number of rotatable bonds is 3.